The summed E-state index contributed by atoms with van der Waals surface area (Å²) in [6.07, 6.45) is 2.51. The molecule has 1 atom stereocenters. The van der Waals surface area contributed by atoms with Crippen LogP contribution in [0.2, 0.25) is 0 Å². The Morgan fingerprint density at radius 3 is 2.62 bits per heavy atom. The standard InChI is InChI=1S/C14H19NO/c1-11-2-4-12(5-3-11)13-8-14(6-7-15-13)9-16-10-14/h2-5,13,15H,6-10H2,1H3. The van der Waals surface area contributed by atoms with E-state index < -0.39 is 0 Å². The molecule has 1 aromatic carbocycles. The Kier molecular flexibility index (Phi) is 2.49. The average molecular weight is 217 g/mol. The molecule has 2 aliphatic rings. The Balaban J connectivity index is 1.76. The molecule has 0 radical (unpaired) electrons. The zero-order valence-electron chi connectivity index (χ0n) is 9.83. The Morgan fingerprint density at radius 1 is 1.25 bits per heavy atom. The fourth-order valence-corrected chi connectivity index (χ4v) is 2.81. The van der Waals surface area contributed by atoms with Gasteiger partial charge in [0.1, 0.15) is 0 Å². The van der Waals surface area contributed by atoms with E-state index in [1.807, 2.05) is 0 Å². The number of piperidine rings is 1. The van der Waals surface area contributed by atoms with Gasteiger partial charge in [-0.2, -0.15) is 0 Å². The molecule has 1 aromatic rings. The summed E-state index contributed by atoms with van der Waals surface area (Å²) < 4.78 is 5.39. The highest BCUT2D eigenvalue weighted by atomic mass is 16.5. The third-order valence-corrected chi connectivity index (χ3v) is 3.98. The third kappa shape index (κ3) is 1.76. The summed E-state index contributed by atoms with van der Waals surface area (Å²) in [5.41, 5.74) is 3.25. The zero-order chi connectivity index (χ0) is 11.0. The summed E-state index contributed by atoms with van der Waals surface area (Å²) in [5, 5.41) is 3.62. The van der Waals surface area contributed by atoms with Crippen LogP contribution in [0.5, 0.6) is 0 Å². The lowest BCUT2D eigenvalue weighted by molar-refractivity contribution is -0.134. The van der Waals surface area contributed by atoms with Crippen LogP contribution in [0.1, 0.15) is 30.0 Å². The van der Waals surface area contributed by atoms with Gasteiger partial charge >= 0.3 is 0 Å². The molecule has 0 amide bonds. The maximum atomic E-state index is 5.39. The number of rotatable bonds is 1. The molecular weight excluding hydrogens is 198 g/mol. The topological polar surface area (TPSA) is 21.3 Å². The minimum atomic E-state index is 0.487. The second-order valence-corrected chi connectivity index (χ2v) is 5.36. The van der Waals surface area contributed by atoms with Gasteiger partial charge in [0, 0.05) is 11.5 Å². The highest BCUT2D eigenvalue weighted by Gasteiger charge is 2.42. The minimum Gasteiger partial charge on any atom is -0.380 e. The van der Waals surface area contributed by atoms with Crippen molar-refractivity contribution >= 4 is 0 Å². The second kappa shape index (κ2) is 3.86. The van der Waals surface area contributed by atoms with Crippen molar-refractivity contribution in [2.24, 2.45) is 5.41 Å². The molecule has 2 saturated heterocycles. The van der Waals surface area contributed by atoms with E-state index in [-0.39, 0.29) is 0 Å². The van der Waals surface area contributed by atoms with E-state index in [0.29, 0.717) is 11.5 Å². The molecular formula is C14H19NO. The first-order chi connectivity index (χ1) is 7.77. The van der Waals surface area contributed by atoms with Crippen molar-refractivity contribution in [3.05, 3.63) is 35.4 Å². The lowest BCUT2D eigenvalue weighted by atomic mass is 9.73. The van der Waals surface area contributed by atoms with Crippen LogP contribution in [0.15, 0.2) is 24.3 Å². The maximum Gasteiger partial charge on any atom is 0.0545 e. The zero-order valence-corrected chi connectivity index (χ0v) is 9.83. The fourth-order valence-electron chi connectivity index (χ4n) is 2.81. The molecule has 2 heteroatoms. The van der Waals surface area contributed by atoms with Crippen LogP contribution in [0.25, 0.3) is 0 Å². The Morgan fingerprint density at radius 2 is 2.00 bits per heavy atom. The first-order valence-corrected chi connectivity index (χ1v) is 6.15. The molecule has 2 aliphatic heterocycles. The first-order valence-electron chi connectivity index (χ1n) is 6.15. The summed E-state index contributed by atoms with van der Waals surface area (Å²) in [7, 11) is 0. The van der Waals surface area contributed by atoms with Crippen LogP contribution in [-0.4, -0.2) is 19.8 Å². The number of aryl methyl sites for hydroxylation is 1. The molecule has 1 N–H and O–H groups in total. The molecule has 1 spiro atoms. The quantitative estimate of drug-likeness (QED) is 0.780. The van der Waals surface area contributed by atoms with E-state index in [9.17, 15) is 0 Å². The number of benzene rings is 1. The lowest BCUT2D eigenvalue weighted by Gasteiger charge is -2.47. The molecule has 0 saturated carbocycles. The van der Waals surface area contributed by atoms with Crippen molar-refractivity contribution in [1.29, 1.82) is 0 Å². The largest absolute Gasteiger partial charge is 0.380 e. The van der Waals surface area contributed by atoms with Gasteiger partial charge in [-0.15, -0.1) is 0 Å². The van der Waals surface area contributed by atoms with Crippen LogP contribution in [0, 0.1) is 12.3 Å². The van der Waals surface area contributed by atoms with E-state index >= 15 is 0 Å². The molecule has 0 aromatic heterocycles. The predicted octanol–water partition coefficient (Wildman–Crippen LogP) is 2.44. The van der Waals surface area contributed by atoms with Crippen molar-refractivity contribution in [2.75, 3.05) is 19.8 Å². The van der Waals surface area contributed by atoms with Crippen LogP contribution in [-0.2, 0) is 4.74 Å². The Bertz CT molecular complexity index is 367. The number of nitrogens with one attached hydrogen (secondary N) is 1. The number of hydrogen-bond acceptors (Lipinski definition) is 2. The van der Waals surface area contributed by atoms with Crippen LogP contribution in [0.4, 0.5) is 0 Å². The van der Waals surface area contributed by atoms with E-state index in [4.69, 9.17) is 4.74 Å². The second-order valence-electron chi connectivity index (χ2n) is 5.36. The summed E-state index contributed by atoms with van der Waals surface area (Å²) in [4.78, 5) is 0. The summed E-state index contributed by atoms with van der Waals surface area (Å²) in [6.45, 7) is 5.20. The van der Waals surface area contributed by atoms with Crippen molar-refractivity contribution in [1.82, 2.24) is 5.32 Å². The molecule has 2 nitrogen and oxygen atoms in total. The SMILES string of the molecule is Cc1ccc(C2CC3(CCN2)COC3)cc1. The number of ether oxygens (including phenoxy) is 1. The molecule has 0 bridgehead atoms. The monoisotopic (exact) mass is 217 g/mol. The summed E-state index contributed by atoms with van der Waals surface area (Å²) in [5.74, 6) is 0. The van der Waals surface area contributed by atoms with Crippen LogP contribution in [0.3, 0.4) is 0 Å². The van der Waals surface area contributed by atoms with Gasteiger partial charge in [-0.1, -0.05) is 29.8 Å². The smallest absolute Gasteiger partial charge is 0.0545 e. The van der Waals surface area contributed by atoms with Crippen molar-refractivity contribution in [3.8, 4) is 0 Å². The van der Waals surface area contributed by atoms with Crippen LogP contribution >= 0.6 is 0 Å². The molecule has 3 rings (SSSR count). The van der Waals surface area contributed by atoms with Gasteiger partial charge < -0.3 is 10.1 Å². The van der Waals surface area contributed by atoms with Crippen molar-refractivity contribution < 1.29 is 4.74 Å². The van der Waals surface area contributed by atoms with E-state index in [0.717, 1.165) is 19.8 Å². The molecule has 2 heterocycles. The fraction of sp³-hybridized carbons (Fsp3) is 0.571. The predicted molar refractivity (Wildman–Crippen MR) is 64.4 cm³/mol. The van der Waals surface area contributed by atoms with E-state index in [1.165, 1.54) is 24.0 Å². The molecule has 1 unspecified atom stereocenters. The highest BCUT2D eigenvalue weighted by Crippen LogP contribution is 2.42. The maximum absolute atomic E-state index is 5.39. The average Bonchev–Trinajstić information content (AvgIpc) is 2.28. The summed E-state index contributed by atoms with van der Waals surface area (Å²) >= 11 is 0. The van der Waals surface area contributed by atoms with Gasteiger partial charge in [-0.05, 0) is 31.9 Å². The van der Waals surface area contributed by atoms with Gasteiger partial charge in [0.25, 0.3) is 0 Å². The van der Waals surface area contributed by atoms with E-state index in [2.05, 4.69) is 36.5 Å². The molecule has 16 heavy (non-hydrogen) atoms. The summed E-state index contributed by atoms with van der Waals surface area (Å²) in [6, 6.07) is 9.45. The minimum absolute atomic E-state index is 0.487. The Labute approximate surface area is 97.0 Å². The first kappa shape index (κ1) is 10.3. The Hall–Kier alpha value is -0.860. The normalized spacial score (nSPS) is 27.7. The molecule has 2 fully saturated rings. The van der Waals surface area contributed by atoms with Crippen molar-refractivity contribution in [3.63, 3.8) is 0 Å². The van der Waals surface area contributed by atoms with Gasteiger partial charge in [0.2, 0.25) is 0 Å². The van der Waals surface area contributed by atoms with Crippen LogP contribution < -0.4 is 5.32 Å². The molecule has 86 valence electrons. The van der Waals surface area contributed by atoms with Crippen molar-refractivity contribution in [2.45, 2.75) is 25.8 Å². The third-order valence-electron chi connectivity index (χ3n) is 3.98. The highest BCUT2D eigenvalue weighted by molar-refractivity contribution is 5.25. The van der Waals surface area contributed by atoms with Gasteiger partial charge in [-0.25, -0.2) is 0 Å². The lowest BCUT2D eigenvalue weighted by Crippen LogP contribution is -2.50. The van der Waals surface area contributed by atoms with Gasteiger partial charge in [0.05, 0.1) is 13.2 Å². The molecule has 0 aliphatic carbocycles. The van der Waals surface area contributed by atoms with E-state index in [1.54, 1.807) is 0 Å². The number of hydrogen-bond donors (Lipinski definition) is 1. The van der Waals surface area contributed by atoms with Gasteiger partial charge in [-0.3, -0.25) is 0 Å². The van der Waals surface area contributed by atoms with Gasteiger partial charge in [0.15, 0.2) is 0 Å².